The molecule has 0 aliphatic carbocycles. The molecule has 0 aromatic heterocycles. The fourth-order valence-electron chi connectivity index (χ4n) is 2.82. The van der Waals surface area contributed by atoms with E-state index in [2.05, 4.69) is 4.72 Å². The highest BCUT2D eigenvalue weighted by atomic mass is 32.2. The second kappa shape index (κ2) is 7.92. The molecular formula is C21H19NO5S. The number of para-hydroxylation sites is 1. The Morgan fingerprint density at radius 1 is 0.857 bits per heavy atom. The van der Waals surface area contributed by atoms with Crippen LogP contribution in [0, 0.1) is 0 Å². The second-order valence-corrected chi connectivity index (χ2v) is 7.99. The van der Waals surface area contributed by atoms with Crippen molar-refractivity contribution < 1.29 is 22.6 Å². The van der Waals surface area contributed by atoms with Crippen LogP contribution >= 0.6 is 0 Å². The van der Waals surface area contributed by atoms with E-state index in [0.29, 0.717) is 29.4 Å². The van der Waals surface area contributed by atoms with Crippen molar-refractivity contribution in [3.63, 3.8) is 0 Å². The molecule has 6 nitrogen and oxygen atoms in total. The lowest BCUT2D eigenvalue weighted by atomic mass is 10.1. The van der Waals surface area contributed by atoms with E-state index in [4.69, 9.17) is 14.2 Å². The molecule has 0 saturated carbocycles. The van der Waals surface area contributed by atoms with E-state index in [1.54, 1.807) is 12.1 Å². The van der Waals surface area contributed by atoms with Gasteiger partial charge in [-0.1, -0.05) is 24.3 Å². The average molecular weight is 397 g/mol. The molecule has 0 radical (unpaired) electrons. The molecule has 0 bridgehead atoms. The summed E-state index contributed by atoms with van der Waals surface area (Å²) in [5, 5.41) is 0. The van der Waals surface area contributed by atoms with E-state index >= 15 is 0 Å². The average Bonchev–Trinajstić information content (AvgIpc) is 3.17. The van der Waals surface area contributed by atoms with Gasteiger partial charge in [0.05, 0.1) is 4.90 Å². The van der Waals surface area contributed by atoms with Crippen LogP contribution in [-0.4, -0.2) is 21.8 Å². The molecule has 3 aromatic rings. The number of hydrogen-bond donors (Lipinski definition) is 1. The molecular weight excluding hydrogens is 378 g/mol. The Morgan fingerprint density at radius 2 is 1.57 bits per heavy atom. The molecule has 1 heterocycles. The van der Waals surface area contributed by atoms with Gasteiger partial charge in [0.2, 0.25) is 16.8 Å². The second-order valence-electron chi connectivity index (χ2n) is 6.22. The van der Waals surface area contributed by atoms with Gasteiger partial charge < -0.3 is 14.2 Å². The number of rotatable bonds is 7. The zero-order chi connectivity index (χ0) is 19.4. The summed E-state index contributed by atoms with van der Waals surface area (Å²) in [6.45, 7) is 0.500. The third kappa shape index (κ3) is 4.27. The molecule has 7 heteroatoms. The summed E-state index contributed by atoms with van der Waals surface area (Å²) < 4.78 is 43.9. The highest BCUT2D eigenvalue weighted by Gasteiger charge is 2.15. The summed E-state index contributed by atoms with van der Waals surface area (Å²) in [7, 11) is -3.59. The molecule has 3 aromatic carbocycles. The van der Waals surface area contributed by atoms with Gasteiger partial charge in [-0.05, 0) is 60.5 Å². The molecule has 0 unspecified atom stereocenters. The van der Waals surface area contributed by atoms with Crippen LogP contribution in [-0.2, 0) is 16.4 Å². The van der Waals surface area contributed by atoms with Crippen LogP contribution in [0.5, 0.6) is 23.0 Å². The molecule has 4 rings (SSSR count). The molecule has 144 valence electrons. The summed E-state index contributed by atoms with van der Waals surface area (Å²) in [4.78, 5) is 0.193. The maximum Gasteiger partial charge on any atom is 0.240 e. The molecule has 0 amide bonds. The Bertz CT molecular complexity index is 1050. The largest absolute Gasteiger partial charge is 0.457 e. The van der Waals surface area contributed by atoms with E-state index < -0.39 is 10.0 Å². The third-order valence-electron chi connectivity index (χ3n) is 4.26. The topological polar surface area (TPSA) is 73.9 Å². The monoisotopic (exact) mass is 397 g/mol. The van der Waals surface area contributed by atoms with Gasteiger partial charge in [-0.15, -0.1) is 0 Å². The first-order chi connectivity index (χ1) is 13.6. The van der Waals surface area contributed by atoms with Crippen LogP contribution in [0.3, 0.4) is 0 Å². The number of benzene rings is 3. The summed E-state index contributed by atoms with van der Waals surface area (Å²) in [5.41, 5.74) is 0.971. The summed E-state index contributed by atoms with van der Waals surface area (Å²) >= 11 is 0. The zero-order valence-electron chi connectivity index (χ0n) is 15.0. The van der Waals surface area contributed by atoms with Gasteiger partial charge in [-0.2, -0.15) is 0 Å². The predicted octanol–water partition coefficient (Wildman–Crippen LogP) is 3.73. The molecule has 0 spiro atoms. The van der Waals surface area contributed by atoms with Crippen molar-refractivity contribution in [1.82, 2.24) is 4.72 Å². The van der Waals surface area contributed by atoms with Gasteiger partial charge in [-0.3, -0.25) is 0 Å². The fraction of sp³-hybridized carbons (Fsp3) is 0.143. The Morgan fingerprint density at radius 3 is 2.36 bits per heavy atom. The Kier molecular flexibility index (Phi) is 5.18. The quantitative estimate of drug-likeness (QED) is 0.658. The van der Waals surface area contributed by atoms with Crippen molar-refractivity contribution in [2.24, 2.45) is 0 Å². The van der Waals surface area contributed by atoms with Gasteiger partial charge >= 0.3 is 0 Å². The number of nitrogens with one attached hydrogen (secondary N) is 1. The van der Waals surface area contributed by atoms with Crippen molar-refractivity contribution in [3.8, 4) is 23.0 Å². The first-order valence-electron chi connectivity index (χ1n) is 8.81. The van der Waals surface area contributed by atoms with Crippen molar-refractivity contribution in [2.45, 2.75) is 11.3 Å². The van der Waals surface area contributed by atoms with Gasteiger partial charge in [-0.25, -0.2) is 13.1 Å². The summed E-state index contributed by atoms with van der Waals surface area (Å²) in [6, 6.07) is 21.3. The van der Waals surface area contributed by atoms with E-state index in [1.807, 2.05) is 48.5 Å². The number of fused-ring (bicyclic) bond motifs is 1. The van der Waals surface area contributed by atoms with E-state index in [9.17, 15) is 8.42 Å². The van der Waals surface area contributed by atoms with Crippen LogP contribution < -0.4 is 18.9 Å². The zero-order valence-corrected chi connectivity index (χ0v) is 15.8. The highest BCUT2D eigenvalue weighted by Crippen LogP contribution is 2.32. The van der Waals surface area contributed by atoms with Crippen LogP contribution in [0.25, 0.3) is 0 Å². The van der Waals surface area contributed by atoms with Gasteiger partial charge in [0.15, 0.2) is 11.5 Å². The minimum Gasteiger partial charge on any atom is -0.457 e. The van der Waals surface area contributed by atoms with Crippen molar-refractivity contribution in [2.75, 3.05) is 13.3 Å². The maximum atomic E-state index is 12.5. The summed E-state index contributed by atoms with van der Waals surface area (Å²) in [5.74, 6) is 2.67. The van der Waals surface area contributed by atoms with Crippen LogP contribution in [0.4, 0.5) is 0 Å². The van der Waals surface area contributed by atoms with Gasteiger partial charge in [0.25, 0.3) is 0 Å². The number of hydrogen-bond acceptors (Lipinski definition) is 5. The molecule has 1 aliphatic heterocycles. The molecule has 0 saturated heterocycles. The normalized spacial score (nSPS) is 12.7. The fourth-order valence-corrected chi connectivity index (χ4v) is 3.85. The van der Waals surface area contributed by atoms with E-state index in [1.165, 1.54) is 12.1 Å². The van der Waals surface area contributed by atoms with Crippen molar-refractivity contribution in [1.29, 1.82) is 0 Å². The van der Waals surface area contributed by atoms with Crippen LogP contribution in [0.1, 0.15) is 5.56 Å². The lowest BCUT2D eigenvalue weighted by molar-refractivity contribution is 0.174. The lowest BCUT2D eigenvalue weighted by Gasteiger charge is -2.09. The first-order valence-corrected chi connectivity index (χ1v) is 10.3. The van der Waals surface area contributed by atoms with E-state index in [-0.39, 0.29) is 18.2 Å². The van der Waals surface area contributed by atoms with Crippen LogP contribution in [0.15, 0.2) is 77.7 Å². The smallest absolute Gasteiger partial charge is 0.240 e. The minimum absolute atomic E-state index is 0.193. The third-order valence-corrected chi connectivity index (χ3v) is 5.73. The maximum absolute atomic E-state index is 12.5. The highest BCUT2D eigenvalue weighted by molar-refractivity contribution is 7.89. The van der Waals surface area contributed by atoms with E-state index in [0.717, 1.165) is 5.56 Å². The van der Waals surface area contributed by atoms with Crippen molar-refractivity contribution >= 4 is 10.0 Å². The Balaban J connectivity index is 1.35. The van der Waals surface area contributed by atoms with Crippen LogP contribution in [0.2, 0.25) is 0 Å². The number of ether oxygens (including phenoxy) is 3. The minimum atomic E-state index is -3.59. The lowest BCUT2D eigenvalue weighted by Crippen LogP contribution is -2.25. The molecule has 0 atom stereocenters. The standard InChI is InChI=1S/C21H19NO5S/c23-28(24,22-13-12-16-6-11-20-21(14-16)26-15-25-20)19-9-7-18(8-10-19)27-17-4-2-1-3-5-17/h1-11,14,22H,12-13,15H2. The van der Waals surface area contributed by atoms with Gasteiger partial charge in [0.1, 0.15) is 11.5 Å². The number of sulfonamides is 1. The Hall–Kier alpha value is -3.03. The molecule has 28 heavy (non-hydrogen) atoms. The van der Waals surface area contributed by atoms with Crippen molar-refractivity contribution in [3.05, 3.63) is 78.4 Å². The Labute approximate surface area is 163 Å². The predicted molar refractivity (Wildman–Crippen MR) is 104 cm³/mol. The molecule has 0 fully saturated rings. The van der Waals surface area contributed by atoms with Gasteiger partial charge in [0, 0.05) is 6.54 Å². The SMILES string of the molecule is O=S(=O)(NCCc1ccc2c(c1)OCO2)c1ccc(Oc2ccccc2)cc1. The molecule has 1 aliphatic rings. The summed E-state index contributed by atoms with van der Waals surface area (Å²) in [6.07, 6.45) is 0.547. The first kappa shape index (κ1) is 18.3. The molecule has 1 N–H and O–H groups in total.